The first-order valence-electron chi connectivity index (χ1n) is 8.51. The van der Waals surface area contributed by atoms with Gasteiger partial charge in [0.25, 0.3) is 0 Å². The van der Waals surface area contributed by atoms with E-state index in [2.05, 4.69) is 27.2 Å². The Bertz CT molecular complexity index is 733. The van der Waals surface area contributed by atoms with Gasteiger partial charge in [-0.05, 0) is 30.5 Å². The van der Waals surface area contributed by atoms with Crippen LogP contribution in [0.3, 0.4) is 0 Å². The molecule has 0 unspecified atom stereocenters. The average molecular weight is 325 g/mol. The monoisotopic (exact) mass is 325 g/mol. The van der Waals surface area contributed by atoms with Gasteiger partial charge in [0.1, 0.15) is 5.82 Å². The maximum absolute atomic E-state index is 12.5. The van der Waals surface area contributed by atoms with Crippen LogP contribution in [0, 0.1) is 0 Å². The molecule has 0 aliphatic carbocycles. The fourth-order valence-electron chi connectivity index (χ4n) is 4.38. The molecule has 126 valence electrons. The molecule has 0 aromatic carbocycles. The number of carbonyl (C=O) groups is 1. The van der Waals surface area contributed by atoms with E-state index in [1.165, 1.54) is 5.56 Å². The third kappa shape index (κ3) is 2.28. The molecule has 4 rings (SSSR count). The van der Waals surface area contributed by atoms with Crippen molar-refractivity contribution in [3.63, 3.8) is 0 Å². The first-order chi connectivity index (χ1) is 11.6. The summed E-state index contributed by atoms with van der Waals surface area (Å²) in [6.07, 6.45) is 8.33. The molecule has 2 aliphatic rings. The van der Waals surface area contributed by atoms with Gasteiger partial charge in [-0.3, -0.25) is 9.48 Å². The van der Waals surface area contributed by atoms with E-state index in [4.69, 9.17) is 0 Å². The lowest BCUT2D eigenvalue weighted by Crippen LogP contribution is -2.54. The second-order valence-electron chi connectivity index (χ2n) is 6.94. The molecule has 0 N–H and O–H groups in total. The first-order valence-corrected chi connectivity index (χ1v) is 8.51. The molecule has 1 atom stereocenters. The molecule has 0 radical (unpaired) electrons. The molecular weight excluding hydrogens is 302 g/mol. The van der Waals surface area contributed by atoms with Gasteiger partial charge >= 0.3 is 0 Å². The van der Waals surface area contributed by atoms with Crippen LogP contribution in [-0.4, -0.2) is 51.2 Å². The summed E-state index contributed by atoms with van der Waals surface area (Å²) in [5.74, 6) is 1.50. The Morgan fingerprint density at radius 3 is 2.62 bits per heavy atom. The third-order valence-electron chi connectivity index (χ3n) is 5.80. The minimum absolute atomic E-state index is 0.0919. The number of hydrogen-bond donors (Lipinski definition) is 0. The van der Waals surface area contributed by atoms with Crippen molar-refractivity contribution in [1.82, 2.24) is 19.7 Å². The number of anilines is 1. The van der Waals surface area contributed by atoms with Crippen LogP contribution in [0.2, 0.25) is 0 Å². The molecule has 0 bridgehead atoms. The molecule has 2 aliphatic heterocycles. The van der Waals surface area contributed by atoms with Crippen LogP contribution in [0.25, 0.3) is 0 Å². The lowest BCUT2D eigenvalue weighted by Gasteiger charge is -2.46. The topological polar surface area (TPSA) is 54.3 Å². The predicted octanol–water partition coefficient (Wildman–Crippen LogP) is 1.80. The normalized spacial score (nSPS) is 23.2. The second-order valence-corrected chi connectivity index (χ2v) is 6.94. The molecule has 1 spiro atoms. The number of likely N-dealkylation sites (tertiary alicyclic amines) is 1. The van der Waals surface area contributed by atoms with Crippen molar-refractivity contribution >= 4 is 11.7 Å². The number of amides is 1. The molecule has 2 fully saturated rings. The van der Waals surface area contributed by atoms with Crippen LogP contribution in [0.1, 0.15) is 30.7 Å². The zero-order valence-corrected chi connectivity index (χ0v) is 14.2. The van der Waals surface area contributed by atoms with Crippen molar-refractivity contribution < 1.29 is 4.79 Å². The minimum Gasteiger partial charge on any atom is -0.356 e. The SMILES string of the molecule is CN1C(=O)C[C@@H](c2cnn(C)c2)C12CCN(c1ccccn1)CC2. The zero-order chi connectivity index (χ0) is 16.7. The van der Waals surface area contributed by atoms with Gasteiger partial charge in [-0.2, -0.15) is 5.10 Å². The van der Waals surface area contributed by atoms with Gasteiger partial charge in [-0.15, -0.1) is 0 Å². The molecule has 24 heavy (non-hydrogen) atoms. The number of rotatable bonds is 2. The van der Waals surface area contributed by atoms with Gasteiger partial charge in [0.2, 0.25) is 5.91 Å². The van der Waals surface area contributed by atoms with E-state index in [0.29, 0.717) is 6.42 Å². The predicted molar refractivity (Wildman–Crippen MR) is 91.8 cm³/mol. The number of aryl methyl sites for hydroxylation is 1. The van der Waals surface area contributed by atoms with E-state index in [9.17, 15) is 4.79 Å². The highest BCUT2D eigenvalue weighted by Gasteiger charge is 2.53. The number of aromatic nitrogens is 3. The Balaban J connectivity index is 1.60. The van der Waals surface area contributed by atoms with Crippen molar-refractivity contribution in [2.24, 2.45) is 7.05 Å². The van der Waals surface area contributed by atoms with Crippen molar-refractivity contribution in [2.75, 3.05) is 25.0 Å². The van der Waals surface area contributed by atoms with Crippen molar-refractivity contribution in [1.29, 1.82) is 0 Å². The molecule has 0 saturated carbocycles. The Hall–Kier alpha value is -2.37. The summed E-state index contributed by atoms with van der Waals surface area (Å²) in [5.41, 5.74) is 1.09. The number of pyridine rings is 1. The number of nitrogens with zero attached hydrogens (tertiary/aromatic N) is 5. The van der Waals surface area contributed by atoms with Crippen LogP contribution in [0.4, 0.5) is 5.82 Å². The summed E-state index contributed by atoms with van der Waals surface area (Å²) in [7, 11) is 3.90. The van der Waals surface area contributed by atoms with Gasteiger partial charge in [0, 0.05) is 51.9 Å². The Morgan fingerprint density at radius 1 is 1.21 bits per heavy atom. The molecule has 2 aromatic rings. The first kappa shape index (κ1) is 15.2. The van der Waals surface area contributed by atoms with Crippen molar-refractivity contribution in [2.45, 2.75) is 30.7 Å². The van der Waals surface area contributed by atoms with Gasteiger partial charge < -0.3 is 9.80 Å². The fourth-order valence-corrected chi connectivity index (χ4v) is 4.38. The van der Waals surface area contributed by atoms with Gasteiger partial charge in [0.15, 0.2) is 0 Å². The second kappa shape index (κ2) is 5.61. The Labute approximate surface area is 142 Å². The molecule has 2 aromatic heterocycles. The lowest BCUT2D eigenvalue weighted by molar-refractivity contribution is -0.130. The fraction of sp³-hybridized carbons (Fsp3) is 0.500. The largest absolute Gasteiger partial charge is 0.356 e. The summed E-state index contributed by atoms with van der Waals surface area (Å²) >= 11 is 0. The molecule has 2 saturated heterocycles. The van der Waals surface area contributed by atoms with Crippen LogP contribution in [0.15, 0.2) is 36.8 Å². The molecule has 6 heteroatoms. The molecule has 6 nitrogen and oxygen atoms in total. The Morgan fingerprint density at radius 2 is 2.00 bits per heavy atom. The van der Waals surface area contributed by atoms with Crippen LogP contribution >= 0.6 is 0 Å². The summed E-state index contributed by atoms with van der Waals surface area (Å²) in [5, 5.41) is 4.32. The highest BCUT2D eigenvalue weighted by atomic mass is 16.2. The van der Waals surface area contributed by atoms with Crippen molar-refractivity contribution in [3.05, 3.63) is 42.4 Å². The van der Waals surface area contributed by atoms with Crippen LogP contribution in [0.5, 0.6) is 0 Å². The highest BCUT2D eigenvalue weighted by Crippen LogP contribution is 2.48. The molecule has 4 heterocycles. The maximum atomic E-state index is 12.5. The summed E-state index contributed by atoms with van der Waals surface area (Å²) < 4.78 is 1.83. The van der Waals surface area contributed by atoms with Gasteiger partial charge in [-0.1, -0.05) is 6.07 Å². The highest BCUT2D eigenvalue weighted by molar-refractivity contribution is 5.81. The number of hydrogen-bond acceptors (Lipinski definition) is 4. The standard InChI is InChI=1S/C18H23N5O/c1-21-13-14(12-20-21)15-11-17(24)22(2)18(15)6-9-23(10-7-18)16-5-3-4-8-19-16/h3-5,8,12-13,15H,6-7,9-11H2,1-2H3/t15-/m0/s1. The van der Waals surface area contributed by atoms with E-state index in [-0.39, 0.29) is 17.4 Å². The van der Waals surface area contributed by atoms with Crippen LogP contribution in [-0.2, 0) is 11.8 Å². The zero-order valence-electron chi connectivity index (χ0n) is 14.2. The van der Waals surface area contributed by atoms with Crippen LogP contribution < -0.4 is 4.90 Å². The average Bonchev–Trinajstić information content (AvgIpc) is 3.14. The summed E-state index contributed by atoms with van der Waals surface area (Å²) in [6, 6.07) is 6.02. The van der Waals surface area contributed by atoms with E-state index in [1.807, 2.05) is 48.2 Å². The van der Waals surface area contributed by atoms with E-state index in [0.717, 1.165) is 31.7 Å². The lowest BCUT2D eigenvalue weighted by atomic mass is 9.74. The Kier molecular flexibility index (Phi) is 3.55. The third-order valence-corrected chi connectivity index (χ3v) is 5.80. The summed E-state index contributed by atoms with van der Waals surface area (Å²) in [4.78, 5) is 21.2. The maximum Gasteiger partial charge on any atom is 0.223 e. The smallest absolute Gasteiger partial charge is 0.223 e. The van der Waals surface area contributed by atoms with Crippen molar-refractivity contribution in [3.8, 4) is 0 Å². The number of likely N-dealkylation sites (N-methyl/N-ethyl adjacent to an activating group) is 1. The molecule has 1 amide bonds. The number of piperidine rings is 1. The minimum atomic E-state index is -0.0919. The van der Waals surface area contributed by atoms with E-state index >= 15 is 0 Å². The quantitative estimate of drug-likeness (QED) is 0.845. The number of carbonyl (C=O) groups excluding carboxylic acids is 1. The van der Waals surface area contributed by atoms with Gasteiger partial charge in [0.05, 0.1) is 11.7 Å². The van der Waals surface area contributed by atoms with E-state index in [1.54, 1.807) is 0 Å². The van der Waals surface area contributed by atoms with Gasteiger partial charge in [-0.25, -0.2) is 4.98 Å². The molecular formula is C18H23N5O. The van der Waals surface area contributed by atoms with E-state index < -0.39 is 0 Å². The summed E-state index contributed by atoms with van der Waals surface area (Å²) in [6.45, 7) is 1.84.